The summed E-state index contributed by atoms with van der Waals surface area (Å²) in [6.07, 6.45) is 3.22. The molecule has 9 heteroatoms. The highest BCUT2D eigenvalue weighted by molar-refractivity contribution is 8.03. The highest BCUT2D eigenvalue weighted by Crippen LogP contribution is 2.48. The second-order valence-corrected chi connectivity index (χ2v) is 8.91. The van der Waals surface area contributed by atoms with E-state index in [0.29, 0.717) is 17.9 Å². The van der Waals surface area contributed by atoms with Gasteiger partial charge in [-0.05, 0) is 19.8 Å². The van der Waals surface area contributed by atoms with Gasteiger partial charge in [0.05, 0.1) is 18.1 Å². The van der Waals surface area contributed by atoms with Gasteiger partial charge in [0.2, 0.25) is 11.8 Å². The van der Waals surface area contributed by atoms with Crippen LogP contribution in [-0.2, 0) is 14.4 Å². The lowest BCUT2D eigenvalue weighted by molar-refractivity contribution is -0.161. The number of carboxylic acids is 1. The Morgan fingerprint density at radius 2 is 2.19 bits per heavy atom. The van der Waals surface area contributed by atoms with Crippen molar-refractivity contribution in [1.82, 2.24) is 15.5 Å². The molecular formula is C18H23N3O5S. The standard InChI is InChI=1S/C18H23N3O5S/c1-8(22)14-12-6-13(15(18(25)26)21(12)17(14)24)27-11-5-10(20-7-11)4-9-2-3-19-16(9)23/h4,8,10-12,14,20,22H,2-3,5-7H2,1H3,(H,19,23)(H,25,26)/t8-,10-,11+,12-,14-/m1/s1. The number of nitrogens with one attached hydrogen (secondary N) is 2. The molecule has 0 radical (unpaired) electrons. The van der Waals surface area contributed by atoms with Gasteiger partial charge in [-0.2, -0.15) is 0 Å². The molecule has 2 amide bonds. The first-order valence-corrected chi connectivity index (χ1v) is 10.1. The van der Waals surface area contributed by atoms with E-state index >= 15 is 0 Å². The molecule has 4 N–H and O–H groups in total. The molecule has 0 aromatic heterocycles. The summed E-state index contributed by atoms with van der Waals surface area (Å²) in [5, 5.41) is 25.8. The SMILES string of the molecule is C[C@@H](O)[C@H]1C(=O)N2C(C(=O)O)=C(S[C@@H]3CN[C@H](C=C4CCNC4=O)C3)C[C@H]12. The maximum Gasteiger partial charge on any atom is 0.353 e. The van der Waals surface area contributed by atoms with Crippen molar-refractivity contribution >= 4 is 29.5 Å². The number of aliphatic hydroxyl groups is 1. The van der Waals surface area contributed by atoms with Crippen LogP contribution in [0.2, 0.25) is 0 Å². The van der Waals surface area contributed by atoms with Crippen molar-refractivity contribution in [2.75, 3.05) is 13.1 Å². The van der Waals surface area contributed by atoms with E-state index in [0.717, 1.165) is 25.0 Å². The highest BCUT2D eigenvalue weighted by atomic mass is 32.2. The summed E-state index contributed by atoms with van der Waals surface area (Å²) >= 11 is 1.51. The lowest BCUT2D eigenvalue weighted by Gasteiger charge is -2.44. The largest absolute Gasteiger partial charge is 0.477 e. The minimum atomic E-state index is -1.09. The molecular weight excluding hydrogens is 370 g/mol. The average Bonchev–Trinajstić information content (AvgIpc) is 3.27. The third kappa shape index (κ3) is 3.17. The fourth-order valence-corrected chi connectivity index (χ4v) is 5.88. The van der Waals surface area contributed by atoms with Crippen LogP contribution in [0.15, 0.2) is 22.3 Å². The molecule has 8 nitrogen and oxygen atoms in total. The summed E-state index contributed by atoms with van der Waals surface area (Å²) in [6, 6.07) is -0.152. The molecule has 146 valence electrons. The molecule has 0 aromatic carbocycles. The maximum atomic E-state index is 12.3. The fraction of sp³-hybridized carbons (Fsp3) is 0.611. The Bertz CT molecular complexity index is 762. The molecule has 3 saturated heterocycles. The van der Waals surface area contributed by atoms with Crippen molar-refractivity contribution in [3.05, 3.63) is 22.3 Å². The number of rotatable bonds is 5. The first kappa shape index (κ1) is 18.5. The number of amides is 2. The third-order valence-corrected chi connectivity index (χ3v) is 7.03. The first-order chi connectivity index (χ1) is 12.9. The van der Waals surface area contributed by atoms with Gasteiger partial charge in [-0.15, -0.1) is 11.8 Å². The van der Waals surface area contributed by atoms with Crippen LogP contribution in [0.5, 0.6) is 0 Å². The monoisotopic (exact) mass is 393 g/mol. The molecule has 4 aliphatic heterocycles. The van der Waals surface area contributed by atoms with Gasteiger partial charge in [0.1, 0.15) is 5.70 Å². The fourth-order valence-electron chi connectivity index (χ4n) is 4.43. The third-order valence-electron chi connectivity index (χ3n) is 5.70. The topological polar surface area (TPSA) is 119 Å². The van der Waals surface area contributed by atoms with Gasteiger partial charge in [-0.25, -0.2) is 4.79 Å². The number of hydrogen-bond acceptors (Lipinski definition) is 6. The number of nitrogens with zero attached hydrogens (tertiary/aromatic N) is 1. The highest BCUT2D eigenvalue weighted by Gasteiger charge is 2.57. The van der Waals surface area contributed by atoms with Gasteiger partial charge >= 0.3 is 5.97 Å². The van der Waals surface area contributed by atoms with Crippen LogP contribution in [0.4, 0.5) is 0 Å². The number of carbonyl (C=O) groups is 3. The molecule has 27 heavy (non-hydrogen) atoms. The van der Waals surface area contributed by atoms with Gasteiger partial charge in [0, 0.05) is 41.3 Å². The minimum Gasteiger partial charge on any atom is -0.477 e. The van der Waals surface area contributed by atoms with Crippen LogP contribution in [0.1, 0.15) is 26.2 Å². The van der Waals surface area contributed by atoms with E-state index in [1.165, 1.54) is 16.7 Å². The smallest absolute Gasteiger partial charge is 0.353 e. The van der Waals surface area contributed by atoms with Crippen LogP contribution in [-0.4, -0.2) is 69.4 Å². The van der Waals surface area contributed by atoms with Gasteiger partial charge < -0.3 is 25.7 Å². The van der Waals surface area contributed by atoms with E-state index in [1.807, 2.05) is 6.08 Å². The van der Waals surface area contributed by atoms with Crippen molar-refractivity contribution in [1.29, 1.82) is 0 Å². The van der Waals surface area contributed by atoms with Crippen molar-refractivity contribution in [2.45, 2.75) is 49.6 Å². The number of β-lactam (4-membered cyclic amide) rings is 1. The molecule has 4 aliphatic rings. The maximum absolute atomic E-state index is 12.3. The van der Waals surface area contributed by atoms with Gasteiger partial charge in [-0.3, -0.25) is 9.59 Å². The Morgan fingerprint density at radius 3 is 2.81 bits per heavy atom. The number of thioether (sulfide) groups is 1. The predicted octanol–water partition coefficient (Wildman–Crippen LogP) is -0.196. The van der Waals surface area contributed by atoms with Crippen molar-refractivity contribution in [2.24, 2.45) is 5.92 Å². The Kier molecular flexibility index (Phi) is 4.77. The van der Waals surface area contributed by atoms with E-state index in [2.05, 4.69) is 10.6 Å². The van der Waals surface area contributed by atoms with E-state index in [4.69, 9.17) is 0 Å². The second kappa shape index (κ2) is 6.96. The molecule has 0 saturated carbocycles. The molecule has 0 aromatic rings. The van der Waals surface area contributed by atoms with Crippen molar-refractivity contribution in [3.8, 4) is 0 Å². The van der Waals surface area contributed by atoms with Gasteiger partial charge in [-0.1, -0.05) is 6.08 Å². The first-order valence-electron chi connectivity index (χ1n) is 9.23. The van der Waals surface area contributed by atoms with E-state index in [1.54, 1.807) is 6.92 Å². The number of fused-ring (bicyclic) bond motifs is 1. The number of carbonyl (C=O) groups excluding carboxylic acids is 2. The van der Waals surface area contributed by atoms with Crippen molar-refractivity contribution < 1.29 is 24.6 Å². The number of aliphatic hydroxyl groups excluding tert-OH is 1. The second-order valence-electron chi connectivity index (χ2n) is 7.51. The zero-order valence-electron chi connectivity index (χ0n) is 15.0. The average molecular weight is 393 g/mol. The number of aliphatic carboxylic acids is 1. The Labute approximate surface area is 161 Å². The van der Waals surface area contributed by atoms with Crippen molar-refractivity contribution in [3.63, 3.8) is 0 Å². The zero-order valence-corrected chi connectivity index (χ0v) is 15.8. The van der Waals surface area contributed by atoms with Crippen LogP contribution >= 0.6 is 11.8 Å². The normalized spacial score (nSPS) is 35.5. The summed E-state index contributed by atoms with van der Waals surface area (Å²) in [4.78, 5) is 37.7. The van der Waals surface area contributed by atoms with Crippen LogP contribution in [0.3, 0.4) is 0 Å². The zero-order chi connectivity index (χ0) is 19.3. The summed E-state index contributed by atoms with van der Waals surface area (Å²) in [5.41, 5.74) is 0.878. The van der Waals surface area contributed by atoms with Gasteiger partial charge in [0.25, 0.3) is 0 Å². The molecule has 5 atom stereocenters. The van der Waals surface area contributed by atoms with E-state index in [-0.39, 0.29) is 34.8 Å². The molecule has 0 unspecified atom stereocenters. The number of carboxylic acid groups (broad SMARTS) is 1. The lowest BCUT2D eigenvalue weighted by Crippen LogP contribution is -2.61. The molecule has 4 rings (SSSR count). The quantitative estimate of drug-likeness (QED) is 0.377. The summed E-state index contributed by atoms with van der Waals surface area (Å²) < 4.78 is 0. The molecule has 4 heterocycles. The van der Waals surface area contributed by atoms with Crippen LogP contribution in [0, 0.1) is 5.92 Å². The van der Waals surface area contributed by atoms with Crippen LogP contribution in [0.25, 0.3) is 0 Å². The summed E-state index contributed by atoms with van der Waals surface area (Å²) in [7, 11) is 0. The number of hydrogen-bond donors (Lipinski definition) is 4. The Hall–Kier alpha value is -1.84. The Morgan fingerprint density at radius 1 is 1.41 bits per heavy atom. The summed E-state index contributed by atoms with van der Waals surface area (Å²) in [5.74, 6) is -1.92. The molecule has 0 spiro atoms. The Balaban J connectivity index is 1.44. The molecule has 3 fully saturated rings. The predicted molar refractivity (Wildman–Crippen MR) is 98.6 cm³/mol. The van der Waals surface area contributed by atoms with E-state index < -0.39 is 18.0 Å². The lowest BCUT2D eigenvalue weighted by atomic mass is 9.83. The summed E-state index contributed by atoms with van der Waals surface area (Å²) in [6.45, 7) is 2.97. The molecule has 0 aliphatic carbocycles. The minimum absolute atomic E-state index is 0.00776. The van der Waals surface area contributed by atoms with E-state index in [9.17, 15) is 24.6 Å². The van der Waals surface area contributed by atoms with Crippen LogP contribution < -0.4 is 10.6 Å². The van der Waals surface area contributed by atoms with Gasteiger partial charge in [0.15, 0.2) is 0 Å². The molecule has 0 bridgehead atoms.